The minimum Gasteiger partial charge on any atom is -0.463 e. The SMILES string of the molecule is CN(C)C=Nc1nc(N=CN(C)C)c2c(n1)C(C1CC(O)C(CO)O1)N=C2c1ccco1. The molecule has 2 aliphatic rings. The third kappa shape index (κ3) is 4.40. The Balaban J connectivity index is 1.85. The monoisotopic (exact) mass is 441 g/mol. The minimum absolute atomic E-state index is 0.238. The summed E-state index contributed by atoms with van der Waals surface area (Å²) in [6, 6.07) is 3.06. The highest BCUT2D eigenvalue weighted by Crippen LogP contribution is 2.42. The molecular formula is C21H27N7O4. The molecule has 1 saturated heterocycles. The van der Waals surface area contributed by atoms with Gasteiger partial charge in [-0.3, -0.25) is 4.99 Å². The molecule has 2 aromatic heterocycles. The van der Waals surface area contributed by atoms with Gasteiger partial charge in [0, 0.05) is 34.6 Å². The van der Waals surface area contributed by atoms with Crippen molar-refractivity contribution in [2.45, 2.75) is 30.8 Å². The second-order valence-corrected chi connectivity index (χ2v) is 8.12. The zero-order valence-corrected chi connectivity index (χ0v) is 18.5. The molecule has 0 spiro atoms. The number of nitrogens with zero attached hydrogens (tertiary/aromatic N) is 7. The Kier molecular flexibility index (Phi) is 6.31. The third-order valence-electron chi connectivity index (χ3n) is 5.05. The molecule has 0 saturated carbocycles. The second kappa shape index (κ2) is 9.15. The number of furan rings is 1. The number of hydrogen-bond acceptors (Lipinski definition) is 9. The molecule has 4 unspecified atom stereocenters. The van der Waals surface area contributed by atoms with Crippen LogP contribution in [-0.4, -0.2) is 101 Å². The average Bonchev–Trinajstić information content (AvgIpc) is 3.48. The van der Waals surface area contributed by atoms with Crippen molar-refractivity contribution in [2.24, 2.45) is 15.0 Å². The maximum atomic E-state index is 10.3. The van der Waals surface area contributed by atoms with Crippen LogP contribution in [0.25, 0.3) is 0 Å². The van der Waals surface area contributed by atoms with Crippen molar-refractivity contribution in [1.82, 2.24) is 19.8 Å². The Morgan fingerprint density at radius 1 is 1.16 bits per heavy atom. The summed E-state index contributed by atoms with van der Waals surface area (Å²) in [6.07, 6.45) is 3.23. The van der Waals surface area contributed by atoms with E-state index in [2.05, 4.69) is 20.0 Å². The molecular weight excluding hydrogens is 414 g/mol. The molecule has 11 nitrogen and oxygen atoms in total. The normalized spacial score (nSPS) is 25.0. The Morgan fingerprint density at radius 2 is 1.91 bits per heavy atom. The molecule has 2 aromatic rings. The lowest BCUT2D eigenvalue weighted by Gasteiger charge is -2.17. The molecule has 4 heterocycles. The summed E-state index contributed by atoms with van der Waals surface area (Å²) in [5.41, 5.74) is 1.80. The van der Waals surface area contributed by atoms with Gasteiger partial charge >= 0.3 is 0 Å². The van der Waals surface area contributed by atoms with E-state index in [0.717, 1.165) is 0 Å². The van der Waals surface area contributed by atoms with Gasteiger partial charge in [0.15, 0.2) is 11.6 Å². The van der Waals surface area contributed by atoms with Crippen LogP contribution < -0.4 is 0 Å². The van der Waals surface area contributed by atoms with Gasteiger partial charge in [0.05, 0.1) is 49.0 Å². The highest BCUT2D eigenvalue weighted by atomic mass is 16.5. The number of aliphatic hydroxyl groups is 2. The van der Waals surface area contributed by atoms with Gasteiger partial charge in [-0.05, 0) is 12.1 Å². The van der Waals surface area contributed by atoms with Crippen LogP contribution in [0.4, 0.5) is 11.8 Å². The number of hydrogen-bond donors (Lipinski definition) is 2. The van der Waals surface area contributed by atoms with Crippen LogP contribution in [0, 0.1) is 0 Å². The van der Waals surface area contributed by atoms with Gasteiger partial charge in [0.25, 0.3) is 5.95 Å². The van der Waals surface area contributed by atoms with Crippen molar-refractivity contribution < 1.29 is 19.4 Å². The molecule has 32 heavy (non-hydrogen) atoms. The molecule has 0 aliphatic carbocycles. The molecule has 0 aromatic carbocycles. The van der Waals surface area contributed by atoms with Crippen LogP contribution in [-0.2, 0) is 4.74 Å². The topological polar surface area (TPSA) is 132 Å². The van der Waals surface area contributed by atoms with Crippen LogP contribution >= 0.6 is 0 Å². The molecule has 1 fully saturated rings. The first-order valence-electron chi connectivity index (χ1n) is 10.3. The predicted octanol–water partition coefficient (Wildman–Crippen LogP) is 0.915. The van der Waals surface area contributed by atoms with Crippen molar-refractivity contribution in [3.05, 3.63) is 35.4 Å². The molecule has 4 atom stereocenters. The first-order chi connectivity index (χ1) is 15.4. The van der Waals surface area contributed by atoms with Crippen molar-refractivity contribution in [2.75, 3.05) is 34.8 Å². The van der Waals surface area contributed by atoms with Crippen LogP contribution in [0.15, 0.2) is 37.8 Å². The van der Waals surface area contributed by atoms with E-state index in [1.807, 2.05) is 34.3 Å². The summed E-state index contributed by atoms with van der Waals surface area (Å²) in [5.74, 6) is 1.20. The smallest absolute Gasteiger partial charge is 0.253 e. The minimum atomic E-state index is -0.782. The average molecular weight is 441 g/mol. The number of fused-ring (bicyclic) bond motifs is 1. The summed E-state index contributed by atoms with van der Waals surface area (Å²) >= 11 is 0. The maximum absolute atomic E-state index is 10.3. The number of aliphatic imine (C=N–C) groups is 3. The lowest BCUT2D eigenvalue weighted by molar-refractivity contribution is -0.0281. The van der Waals surface area contributed by atoms with Gasteiger partial charge < -0.3 is 29.2 Å². The van der Waals surface area contributed by atoms with E-state index in [-0.39, 0.29) is 12.6 Å². The van der Waals surface area contributed by atoms with E-state index in [1.165, 1.54) is 0 Å². The number of rotatable bonds is 7. The first-order valence-corrected chi connectivity index (χ1v) is 10.3. The van der Waals surface area contributed by atoms with Crippen LogP contribution in [0.1, 0.15) is 29.5 Å². The molecule has 0 amide bonds. The predicted molar refractivity (Wildman–Crippen MR) is 119 cm³/mol. The van der Waals surface area contributed by atoms with E-state index < -0.39 is 24.4 Å². The highest BCUT2D eigenvalue weighted by Gasteiger charge is 2.44. The van der Waals surface area contributed by atoms with Crippen molar-refractivity contribution in [3.63, 3.8) is 0 Å². The highest BCUT2D eigenvalue weighted by molar-refractivity contribution is 6.16. The van der Waals surface area contributed by atoms with E-state index in [4.69, 9.17) is 14.1 Å². The largest absolute Gasteiger partial charge is 0.463 e. The summed E-state index contributed by atoms with van der Waals surface area (Å²) in [4.78, 5) is 26.6. The molecule has 170 valence electrons. The molecule has 0 bridgehead atoms. The third-order valence-corrected chi connectivity index (χ3v) is 5.05. The zero-order chi connectivity index (χ0) is 22.8. The summed E-state index contributed by atoms with van der Waals surface area (Å²) in [6.45, 7) is -0.271. The number of aliphatic hydroxyl groups excluding tert-OH is 2. The van der Waals surface area contributed by atoms with E-state index >= 15 is 0 Å². The van der Waals surface area contributed by atoms with Crippen molar-refractivity contribution >= 4 is 30.2 Å². The fraction of sp³-hybridized carbons (Fsp3) is 0.476. The van der Waals surface area contributed by atoms with Gasteiger partial charge in [-0.2, -0.15) is 4.98 Å². The van der Waals surface area contributed by atoms with Crippen molar-refractivity contribution in [3.8, 4) is 0 Å². The van der Waals surface area contributed by atoms with Gasteiger partial charge in [0.2, 0.25) is 0 Å². The van der Waals surface area contributed by atoms with Crippen molar-refractivity contribution in [1.29, 1.82) is 0 Å². The van der Waals surface area contributed by atoms with Gasteiger partial charge in [-0.1, -0.05) is 0 Å². The Hall–Kier alpha value is -3.15. The van der Waals surface area contributed by atoms with E-state index in [9.17, 15) is 10.2 Å². The summed E-state index contributed by atoms with van der Waals surface area (Å²) < 4.78 is 11.5. The Morgan fingerprint density at radius 3 is 2.53 bits per heavy atom. The van der Waals surface area contributed by atoms with Crippen LogP contribution in [0.5, 0.6) is 0 Å². The second-order valence-electron chi connectivity index (χ2n) is 8.12. The molecule has 2 aliphatic heterocycles. The molecule has 2 N–H and O–H groups in total. The van der Waals surface area contributed by atoms with Crippen LogP contribution in [0.3, 0.4) is 0 Å². The van der Waals surface area contributed by atoms with E-state index in [1.54, 1.807) is 34.8 Å². The fourth-order valence-electron chi connectivity index (χ4n) is 3.64. The lowest BCUT2D eigenvalue weighted by Crippen LogP contribution is -2.24. The Labute approximate surface area is 185 Å². The summed E-state index contributed by atoms with van der Waals surface area (Å²) in [5, 5.41) is 19.8. The quantitative estimate of drug-likeness (QED) is 0.479. The van der Waals surface area contributed by atoms with Crippen LogP contribution in [0.2, 0.25) is 0 Å². The molecule has 11 heteroatoms. The fourth-order valence-corrected chi connectivity index (χ4v) is 3.64. The number of ether oxygens (including phenoxy) is 1. The zero-order valence-electron chi connectivity index (χ0n) is 18.5. The Bertz CT molecular complexity index is 1030. The van der Waals surface area contributed by atoms with E-state index in [0.29, 0.717) is 35.0 Å². The molecule has 4 rings (SSSR count). The summed E-state index contributed by atoms with van der Waals surface area (Å²) in [7, 11) is 7.43. The van der Waals surface area contributed by atoms with Gasteiger partial charge in [0.1, 0.15) is 17.9 Å². The lowest BCUT2D eigenvalue weighted by atomic mass is 10.0. The van der Waals surface area contributed by atoms with Gasteiger partial charge in [-0.25, -0.2) is 15.0 Å². The van der Waals surface area contributed by atoms with Gasteiger partial charge in [-0.15, -0.1) is 0 Å². The number of aromatic nitrogens is 2. The maximum Gasteiger partial charge on any atom is 0.253 e. The standard InChI is InChI=1S/C21H27N7O4/c1-27(2)10-22-20-16-17(13-6-5-7-31-13)24-18(14-8-12(30)15(9-29)32-14)19(16)25-21(26-20)23-11-28(3)4/h5-7,10-12,14-15,18,29-30H,8-9H2,1-4H3. The first kappa shape index (κ1) is 22.1. The molecule has 0 radical (unpaired) electrons.